The summed E-state index contributed by atoms with van der Waals surface area (Å²) in [5, 5.41) is 16.8. The predicted octanol–water partition coefficient (Wildman–Crippen LogP) is 1.68. The van der Waals surface area contributed by atoms with E-state index in [9.17, 15) is 4.79 Å². The fraction of sp³-hybridized carbons (Fsp3) is 0.400. The smallest absolute Gasteiger partial charge is 0.315 e. The second-order valence-corrected chi connectivity index (χ2v) is 5.29. The molecule has 2 amide bonds. The summed E-state index contributed by atoms with van der Waals surface area (Å²) in [4.78, 5) is 12.0. The standard InChI is InChI=1S/C15H22N6O/c1-11(9-16-13-7-5-4-6-8-13)18-15(22)19-12(2)14-20-17-10-21(14)3/h4-8,10-12,16H,9H2,1-3H3,(H2,18,19,22). The zero-order valence-corrected chi connectivity index (χ0v) is 13.1. The van der Waals surface area contributed by atoms with Crippen LogP contribution in [-0.2, 0) is 7.05 Å². The van der Waals surface area contributed by atoms with Gasteiger partial charge in [-0.2, -0.15) is 0 Å². The highest BCUT2D eigenvalue weighted by Crippen LogP contribution is 2.07. The molecule has 2 aromatic rings. The van der Waals surface area contributed by atoms with Crippen molar-refractivity contribution in [3.63, 3.8) is 0 Å². The third-order valence-corrected chi connectivity index (χ3v) is 3.24. The van der Waals surface area contributed by atoms with Gasteiger partial charge in [-0.3, -0.25) is 0 Å². The molecule has 0 aliphatic rings. The van der Waals surface area contributed by atoms with Crippen molar-refractivity contribution in [2.75, 3.05) is 11.9 Å². The number of aryl methyl sites for hydroxylation is 1. The fourth-order valence-electron chi connectivity index (χ4n) is 2.09. The van der Waals surface area contributed by atoms with E-state index < -0.39 is 0 Å². The van der Waals surface area contributed by atoms with Crippen molar-refractivity contribution >= 4 is 11.7 Å². The minimum Gasteiger partial charge on any atom is -0.383 e. The number of benzene rings is 1. The minimum atomic E-state index is -0.224. The van der Waals surface area contributed by atoms with Gasteiger partial charge in [-0.15, -0.1) is 10.2 Å². The topological polar surface area (TPSA) is 83.9 Å². The van der Waals surface area contributed by atoms with Crippen molar-refractivity contribution in [2.45, 2.75) is 25.9 Å². The molecule has 22 heavy (non-hydrogen) atoms. The molecule has 0 spiro atoms. The van der Waals surface area contributed by atoms with Crippen LogP contribution in [0.4, 0.5) is 10.5 Å². The third-order valence-electron chi connectivity index (χ3n) is 3.24. The van der Waals surface area contributed by atoms with Gasteiger partial charge in [0.25, 0.3) is 0 Å². The Morgan fingerprint density at radius 1 is 1.23 bits per heavy atom. The van der Waals surface area contributed by atoms with Crippen LogP contribution in [0.25, 0.3) is 0 Å². The highest BCUT2D eigenvalue weighted by atomic mass is 16.2. The number of aromatic nitrogens is 3. The van der Waals surface area contributed by atoms with E-state index in [1.54, 1.807) is 10.9 Å². The molecule has 0 saturated carbocycles. The Hall–Kier alpha value is -2.57. The van der Waals surface area contributed by atoms with Crippen LogP contribution in [-0.4, -0.2) is 33.4 Å². The van der Waals surface area contributed by atoms with Crippen LogP contribution in [0.5, 0.6) is 0 Å². The molecule has 0 saturated heterocycles. The fourth-order valence-corrected chi connectivity index (χ4v) is 2.09. The van der Waals surface area contributed by atoms with Gasteiger partial charge in [0.15, 0.2) is 5.82 Å². The lowest BCUT2D eigenvalue weighted by Crippen LogP contribution is -2.44. The number of carbonyl (C=O) groups excluding carboxylic acids is 1. The Morgan fingerprint density at radius 2 is 1.95 bits per heavy atom. The first-order valence-corrected chi connectivity index (χ1v) is 7.26. The number of amides is 2. The maximum absolute atomic E-state index is 12.0. The van der Waals surface area contributed by atoms with Gasteiger partial charge in [0.05, 0.1) is 6.04 Å². The lowest BCUT2D eigenvalue weighted by Gasteiger charge is -2.18. The summed E-state index contributed by atoms with van der Waals surface area (Å²) in [7, 11) is 1.85. The number of rotatable bonds is 6. The van der Waals surface area contributed by atoms with Crippen LogP contribution in [0.3, 0.4) is 0 Å². The van der Waals surface area contributed by atoms with Crippen molar-refractivity contribution in [2.24, 2.45) is 7.05 Å². The SMILES string of the molecule is CC(CNc1ccccc1)NC(=O)NC(C)c1nncn1C. The quantitative estimate of drug-likeness (QED) is 0.758. The molecule has 1 aromatic carbocycles. The first-order chi connectivity index (χ1) is 10.6. The molecule has 7 heteroatoms. The Labute approximate surface area is 130 Å². The molecule has 3 N–H and O–H groups in total. The van der Waals surface area contributed by atoms with Crippen LogP contribution in [0, 0.1) is 0 Å². The highest BCUT2D eigenvalue weighted by Gasteiger charge is 2.15. The summed E-state index contributed by atoms with van der Waals surface area (Å²) < 4.78 is 1.78. The number of para-hydroxylation sites is 1. The second kappa shape index (κ2) is 7.44. The number of hydrogen-bond donors (Lipinski definition) is 3. The van der Waals surface area contributed by atoms with E-state index in [1.165, 1.54) is 0 Å². The van der Waals surface area contributed by atoms with Gasteiger partial charge in [0.1, 0.15) is 6.33 Å². The molecule has 0 aliphatic heterocycles. The number of urea groups is 1. The van der Waals surface area contributed by atoms with Crippen molar-refractivity contribution in [1.29, 1.82) is 0 Å². The van der Waals surface area contributed by atoms with Crippen molar-refractivity contribution in [3.8, 4) is 0 Å². The van der Waals surface area contributed by atoms with E-state index in [2.05, 4.69) is 26.1 Å². The molecule has 1 heterocycles. The molecule has 0 radical (unpaired) electrons. The molecule has 118 valence electrons. The summed E-state index contributed by atoms with van der Waals surface area (Å²) >= 11 is 0. The minimum absolute atomic E-state index is 0.00750. The second-order valence-electron chi connectivity index (χ2n) is 5.29. The molecule has 0 aliphatic carbocycles. The van der Waals surface area contributed by atoms with Gasteiger partial charge < -0.3 is 20.5 Å². The number of hydrogen-bond acceptors (Lipinski definition) is 4. The molecule has 0 fully saturated rings. The van der Waals surface area contributed by atoms with Crippen LogP contribution >= 0.6 is 0 Å². The highest BCUT2D eigenvalue weighted by molar-refractivity contribution is 5.74. The Bertz CT molecular complexity index is 597. The zero-order chi connectivity index (χ0) is 15.9. The van der Waals surface area contributed by atoms with E-state index in [-0.39, 0.29) is 18.1 Å². The number of nitrogens with one attached hydrogen (secondary N) is 3. The van der Waals surface area contributed by atoms with Crippen molar-refractivity contribution in [3.05, 3.63) is 42.5 Å². The van der Waals surface area contributed by atoms with Crippen molar-refractivity contribution < 1.29 is 4.79 Å². The van der Waals surface area contributed by atoms with Gasteiger partial charge in [-0.1, -0.05) is 18.2 Å². The number of anilines is 1. The van der Waals surface area contributed by atoms with E-state index in [0.29, 0.717) is 12.4 Å². The number of carbonyl (C=O) groups is 1. The summed E-state index contributed by atoms with van der Waals surface area (Å²) in [6, 6.07) is 9.44. The molecule has 2 atom stereocenters. The summed E-state index contributed by atoms with van der Waals surface area (Å²) in [6.07, 6.45) is 1.61. The average molecular weight is 302 g/mol. The first-order valence-electron chi connectivity index (χ1n) is 7.26. The van der Waals surface area contributed by atoms with E-state index >= 15 is 0 Å². The first kappa shape index (κ1) is 15.8. The van der Waals surface area contributed by atoms with E-state index in [1.807, 2.05) is 51.2 Å². The molecule has 7 nitrogen and oxygen atoms in total. The molecule has 2 rings (SSSR count). The van der Waals surface area contributed by atoms with Crippen LogP contribution in [0.1, 0.15) is 25.7 Å². The maximum Gasteiger partial charge on any atom is 0.315 e. The maximum atomic E-state index is 12.0. The lowest BCUT2D eigenvalue weighted by molar-refractivity contribution is 0.234. The summed E-state index contributed by atoms with van der Waals surface area (Å²) in [6.45, 7) is 4.47. The predicted molar refractivity (Wildman–Crippen MR) is 85.5 cm³/mol. The molecule has 1 aromatic heterocycles. The van der Waals surface area contributed by atoms with Gasteiger partial charge >= 0.3 is 6.03 Å². The van der Waals surface area contributed by atoms with Crippen LogP contribution < -0.4 is 16.0 Å². The van der Waals surface area contributed by atoms with Gasteiger partial charge in [-0.05, 0) is 26.0 Å². The van der Waals surface area contributed by atoms with Crippen LogP contribution in [0.15, 0.2) is 36.7 Å². The van der Waals surface area contributed by atoms with Crippen LogP contribution in [0.2, 0.25) is 0 Å². The molecular formula is C15H22N6O. The summed E-state index contributed by atoms with van der Waals surface area (Å²) in [5.74, 6) is 0.713. The Morgan fingerprint density at radius 3 is 2.59 bits per heavy atom. The Kier molecular flexibility index (Phi) is 5.35. The molecular weight excluding hydrogens is 280 g/mol. The summed E-state index contributed by atoms with van der Waals surface area (Å²) in [5.41, 5.74) is 1.03. The number of nitrogens with zero attached hydrogens (tertiary/aromatic N) is 3. The third kappa shape index (κ3) is 4.47. The van der Waals surface area contributed by atoms with Gasteiger partial charge in [-0.25, -0.2) is 4.79 Å². The van der Waals surface area contributed by atoms with Gasteiger partial charge in [0, 0.05) is 25.3 Å². The average Bonchev–Trinajstić information content (AvgIpc) is 2.92. The normalized spacial score (nSPS) is 13.2. The largest absolute Gasteiger partial charge is 0.383 e. The monoisotopic (exact) mass is 302 g/mol. The van der Waals surface area contributed by atoms with Gasteiger partial charge in [0.2, 0.25) is 0 Å². The Balaban J connectivity index is 1.75. The molecule has 0 bridgehead atoms. The van der Waals surface area contributed by atoms with E-state index in [0.717, 1.165) is 5.69 Å². The zero-order valence-electron chi connectivity index (χ0n) is 13.1. The van der Waals surface area contributed by atoms with Crippen molar-refractivity contribution in [1.82, 2.24) is 25.4 Å². The lowest BCUT2D eigenvalue weighted by atomic mass is 10.3. The molecule has 2 unspecified atom stereocenters. The van der Waals surface area contributed by atoms with E-state index in [4.69, 9.17) is 0 Å².